The van der Waals surface area contributed by atoms with E-state index in [9.17, 15) is 0 Å². The minimum atomic E-state index is 0.861. The number of halogens is 1. The number of nitrogens with one attached hydrogen (secondary N) is 1. The van der Waals surface area contributed by atoms with Crippen molar-refractivity contribution < 1.29 is 0 Å². The first-order valence-electron chi connectivity index (χ1n) is 4.05. The fourth-order valence-electron chi connectivity index (χ4n) is 1.19. The first-order chi connectivity index (χ1) is 5.65. The summed E-state index contributed by atoms with van der Waals surface area (Å²) in [4.78, 5) is 0. The largest absolute Gasteiger partial charge is 0.316 e. The van der Waals surface area contributed by atoms with Gasteiger partial charge in [0, 0.05) is 11.6 Å². The summed E-state index contributed by atoms with van der Waals surface area (Å²) in [5.74, 6) is 0. The molecule has 0 unspecified atom stereocenters. The average molecular weight is 184 g/mol. The Morgan fingerprint density at radius 1 is 1.33 bits per heavy atom. The molecule has 0 spiro atoms. The van der Waals surface area contributed by atoms with Crippen molar-refractivity contribution in [1.29, 1.82) is 0 Å². The van der Waals surface area contributed by atoms with Crippen LogP contribution >= 0.6 is 11.6 Å². The number of rotatable bonds is 2. The molecule has 1 rings (SSSR count). The summed E-state index contributed by atoms with van der Waals surface area (Å²) in [6, 6.07) is 4.18. The van der Waals surface area contributed by atoms with Gasteiger partial charge in [0.2, 0.25) is 0 Å². The second kappa shape index (κ2) is 3.92. The first-order valence-corrected chi connectivity index (χ1v) is 4.43. The molecule has 1 N–H and O–H groups in total. The van der Waals surface area contributed by atoms with Crippen LogP contribution in [0.1, 0.15) is 16.7 Å². The van der Waals surface area contributed by atoms with Crippen LogP contribution in [0, 0.1) is 13.8 Å². The van der Waals surface area contributed by atoms with E-state index in [1.165, 1.54) is 16.7 Å². The van der Waals surface area contributed by atoms with Gasteiger partial charge in [-0.25, -0.2) is 0 Å². The van der Waals surface area contributed by atoms with Gasteiger partial charge < -0.3 is 5.32 Å². The normalized spacial score (nSPS) is 10.3. The second-order valence-corrected chi connectivity index (χ2v) is 3.46. The molecule has 0 aliphatic carbocycles. The molecule has 1 nitrogen and oxygen atoms in total. The van der Waals surface area contributed by atoms with Crippen LogP contribution in [0.25, 0.3) is 0 Å². The summed E-state index contributed by atoms with van der Waals surface area (Å²) >= 11 is 6.03. The van der Waals surface area contributed by atoms with Crippen LogP contribution in [0.5, 0.6) is 0 Å². The maximum Gasteiger partial charge on any atom is 0.0441 e. The van der Waals surface area contributed by atoms with Gasteiger partial charge in [0.15, 0.2) is 0 Å². The summed E-state index contributed by atoms with van der Waals surface area (Å²) in [5.41, 5.74) is 3.68. The van der Waals surface area contributed by atoms with Crippen molar-refractivity contribution in [1.82, 2.24) is 5.32 Å². The quantitative estimate of drug-likeness (QED) is 0.744. The zero-order chi connectivity index (χ0) is 9.14. The van der Waals surface area contributed by atoms with Gasteiger partial charge in [-0.1, -0.05) is 17.7 Å². The SMILES string of the molecule is CNCc1cc(C)c(C)c(Cl)c1. The van der Waals surface area contributed by atoms with E-state index in [2.05, 4.69) is 18.3 Å². The van der Waals surface area contributed by atoms with Gasteiger partial charge in [-0.15, -0.1) is 0 Å². The Bertz CT molecular complexity index is 258. The minimum Gasteiger partial charge on any atom is -0.316 e. The maximum atomic E-state index is 6.03. The first kappa shape index (κ1) is 9.56. The second-order valence-electron chi connectivity index (χ2n) is 3.05. The van der Waals surface area contributed by atoms with E-state index in [0.29, 0.717) is 0 Å². The number of hydrogen-bond donors (Lipinski definition) is 1. The van der Waals surface area contributed by atoms with E-state index >= 15 is 0 Å². The molecule has 0 aromatic heterocycles. The molecule has 0 bridgehead atoms. The Kier molecular flexibility index (Phi) is 3.12. The van der Waals surface area contributed by atoms with E-state index < -0.39 is 0 Å². The summed E-state index contributed by atoms with van der Waals surface area (Å²) < 4.78 is 0. The van der Waals surface area contributed by atoms with Crippen LogP contribution in [-0.2, 0) is 6.54 Å². The molecular weight excluding hydrogens is 170 g/mol. The molecule has 2 heteroatoms. The molecule has 0 saturated carbocycles. The Hall–Kier alpha value is -0.530. The van der Waals surface area contributed by atoms with Gasteiger partial charge >= 0.3 is 0 Å². The highest BCUT2D eigenvalue weighted by Gasteiger charge is 2.00. The molecule has 0 amide bonds. The van der Waals surface area contributed by atoms with Crippen LogP contribution in [0.3, 0.4) is 0 Å². The summed E-state index contributed by atoms with van der Waals surface area (Å²) in [5, 5.41) is 3.96. The molecule has 0 atom stereocenters. The topological polar surface area (TPSA) is 12.0 Å². The van der Waals surface area contributed by atoms with Crippen LogP contribution in [-0.4, -0.2) is 7.05 Å². The molecular formula is C10H14ClN. The zero-order valence-corrected chi connectivity index (χ0v) is 8.50. The molecule has 1 aromatic rings. The van der Waals surface area contributed by atoms with Gasteiger partial charge in [-0.3, -0.25) is 0 Å². The van der Waals surface area contributed by atoms with Crippen LogP contribution in [0.15, 0.2) is 12.1 Å². The highest BCUT2D eigenvalue weighted by molar-refractivity contribution is 6.31. The van der Waals surface area contributed by atoms with Crippen molar-refractivity contribution in [3.63, 3.8) is 0 Å². The molecule has 0 heterocycles. The summed E-state index contributed by atoms with van der Waals surface area (Å²) in [6.07, 6.45) is 0. The van der Waals surface area contributed by atoms with Gasteiger partial charge in [-0.2, -0.15) is 0 Å². The summed E-state index contributed by atoms with van der Waals surface area (Å²) in [7, 11) is 1.93. The van der Waals surface area contributed by atoms with Crippen LogP contribution in [0.4, 0.5) is 0 Å². The van der Waals surface area contributed by atoms with E-state index in [4.69, 9.17) is 11.6 Å². The molecule has 1 aromatic carbocycles. The van der Waals surface area contributed by atoms with Crippen molar-refractivity contribution in [2.45, 2.75) is 20.4 Å². The molecule has 0 aliphatic heterocycles. The number of aryl methyl sites for hydroxylation is 1. The van der Waals surface area contributed by atoms with Crippen molar-refractivity contribution in [2.24, 2.45) is 0 Å². The van der Waals surface area contributed by atoms with E-state index in [1.807, 2.05) is 20.0 Å². The molecule has 0 fully saturated rings. The Morgan fingerprint density at radius 3 is 2.50 bits per heavy atom. The van der Waals surface area contributed by atoms with Gasteiger partial charge in [0.05, 0.1) is 0 Å². The number of benzene rings is 1. The molecule has 66 valence electrons. The van der Waals surface area contributed by atoms with E-state index in [-0.39, 0.29) is 0 Å². The smallest absolute Gasteiger partial charge is 0.0441 e. The van der Waals surface area contributed by atoms with Crippen LogP contribution < -0.4 is 5.32 Å². The van der Waals surface area contributed by atoms with Gasteiger partial charge in [-0.05, 0) is 43.7 Å². The lowest BCUT2D eigenvalue weighted by Crippen LogP contribution is -2.05. The maximum absolute atomic E-state index is 6.03. The highest BCUT2D eigenvalue weighted by Crippen LogP contribution is 2.20. The van der Waals surface area contributed by atoms with E-state index in [0.717, 1.165) is 11.6 Å². The monoisotopic (exact) mass is 183 g/mol. The fourth-order valence-corrected chi connectivity index (χ4v) is 1.48. The zero-order valence-electron chi connectivity index (χ0n) is 7.74. The predicted molar refractivity (Wildman–Crippen MR) is 53.7 cm³/mol. The molecule has 0 radical (unpaired) electrons. The molecule has 12 heavy (non-hydrogen) atoms. The summed E-state index contributed by atoms with van der Waals surface area (Å²) in [6.45, 7) is 5.00. The highest BCUT2D eigenvalue weighted by atomic mass is 35.5. The predicted octanol–water partition coefficient (Wildman–Crippen LogP) is 2.68. The Balaban J connectivity index is 3.04. The standard InChI is InChI=1S/C10H14ClN/c1-7-4-9(6-12-3)5-10(11)8(7)2/h4-5,12H,6H2,1-3H3. The van der Waals surface area contributed by atoms with E-state index in [1.54, 1.807) is 0 Å². The van der Waals surface area contributed by atoms with Crippen molar-refractivity contribution in [3.8, 4) is 0 Å². The fraction of sp³-hybridized carbons (Fsp3) is 0.400. The average Bonchev–Trinajstić information content (AvgIpc) is 2.01. The third-order valence-electron chi connectivity index (χ3n) is 2.04. The third kappa shape index (κ3) is 1.99. The lowest BCUT2D eigenvalue weighted by molar-refractivity contribution is 0.816. The third-order valence-corrected chi connectivity index (χ3v) is 2.44. The minimum absolute atomic E-state index is 0.861. The molecule has 0 aliphatic rings. The van der Waals surface area contributed by atoms with Crippen molar-refractivity contribution >= 4 is 11.6 Å². The lowest BCUT2D eigenvalue weighted by atomic mass is 10.1. The number of hydrogen-bond acceptors (Lipinski definition) is 1. The van der Waals surface area contributed by atoms with Crippen molar-refractivity contribution in [3.05, 3.63) is 33.8 Å². The molecule has 0 saturated heterocycles. The van der Waals surface area contributed by atoms with Crippen molar-refractivity contribution in [2.75, 3.05) is 7.05 Å². The lowest BCUT2D eigenvalue weighted by Gasteiger charge is -2.06. The Labute approximate surface area is 78.7 Å². The Morgan fingerprint density at radius 2 is 2.00 bits per heavy atom. The van der Waals surface area contributed by atoms with Gasteiger partial charge in [0.1, 0.15) is 0 Å². The van der Waals surface area contributed by atoms with Gasteiger partial charge in [0.25, 0.3) is 0 Å². The van der Waals surface area contributed by atoms with Crippen LogP contribution in [0.2, 0.25) is 5.02 Å².